The van der Waals surface area contributed by atoms with Crippen LogP contribution in [0.4, 0.5) is 13.2 Å². The molecule has 0 spiro atoms. The number of alkyl halides is 3. The lowest BCUT2D eigenvalue weighted by molar-refractivity contribution is -0.137. The molecular weight excluding hydrogens is 267 g/mol. The van der Waals surface area contributed by atoms with Gasteiger partial charge in [0.25, 0.3) is 0 Å². The summed E-state index contributed by atoms with van der Waals surface area (Å²) in [4.78, 5) is 0. The van der Waals surface area contributed by atoms with Gasteiger partial charge in [0, 0.05) is 12.6 Å². The summed E-state index contributed by atoms with van der Waals surface area (Å²) < 4.78 is 37.3. The molecule has 1 aromatic carbocycles. The Morgan fingerprint density at radius 2 is 1.95 bits per heavy atom. The van der Waals surface area contributed by atoms with Crippen LogP contribution in [-0.2, 0) is 6.18 Å². The van der Waals surface area contributed by atoms with Crippen molar-refractivity contribution in [3.05, 3.63) is 35.4 Å². The smallest absolute Gasteiger partial charge is 0.387 e. The number of aliphatic hydroxyl groups excluding tert-OH is 1. The number of benzene rings is 1. The maximum absolute atomic E-state index is 12.4. The molecule has 0 radical (unpaired) electrons. The zero-order valence-corrected chi connectivity index (χ0v) is 11.5. The largest absolute Gasteiger partial charge is 0.416 e. The molecule has 1 aliphatic rings. The van der Waals surface area contributed by atoms with Gasteiger partial charge in [-0.2, -0.15) is 13.2 Å². The predicted molar refractivity (Wildman–Crippen MR) is 71.2 cm³/mol. The minimum absolute atomic E-state index is 0.385. The van der Waals surface area contributed by atoms with Gasteiger partial charge in [0.1, 0.15) is 0 Å². The van der Waals surface area contributed by atoms with Gasteiger partial charge in [0.05, 0.1) is 11.7 Å². The second-order valence-corrected chi connectivity index (χ2v) is 5.43. The second-order valence-electron chi connectivity index (χ2n) is 5.43. The van der Waals surface area contributed by atoms with Crippen molar-refractivity contribution in [1.29, 1.82) is 0 Å². The number of hydrogen-bond acceptors (Lipinski definition) is 2. The molecule has 1 aromatic rings. The van der Waals surface area contributed by atoms with E-state index in [2.05, 4.69) is 12.2 Å². The monoisotopic (exact) mass is 287 g/mol. The van der Waals surface area contributed by atoms with Crippen molar-refractivity contribution in [3.8, 4) is 0 Å². The molecule has 1 saturated carbocycles. The molecule has 0 aromatic heterocycles. The van der Waals surface area contributed by atoms with Crippen molar-refractivity contribution < 1.29 is 18.3 Å². The van der Waals surface area contributed by atoms with Crippen molar-refractivity contribution >= 4 is 0 Å². The van der Waals surface area contributed by atoms with Gasteiger partial charge in [-0.1, -0.05) is 25.5 Å². The van der Waals surface area contributed by atoms with E-state index in [-0.39, 0.29) is 0 Å². The summed E-state index contributed by atoms with van der Waals surface area (Å²) in [7, 11) is 0. The SMILES string of the molecule is CCCC1CC1NCC(O)c1ccc(C(F)(F)F)cc1. The van der Waals surface area contributed by atoms with Crippen LogP contribution in [0.25, 0.3) is 0 Å². The van der Waals surface area contributed by atoms with Crippen LogP contribution in [0.1, 0.15) is 43.4 Å². The number of hydrogen-bond donors (Lipinski definition) is 2. The third kappa shape index (κ3) is 3.96. The fourth-order valence-electron chi connectivity index (χ4n) is 2.46. The lowest BCUT2D eigenvalue weighted by Crippen LogP contribution is -2.24. The maximum atomic E-state index is 12.4. The van der Waals surface area contributed by atoms with Crippen LogP contribution >= 0.6 is 0 Å². The van der Waals surface area contributed by atoms with E-state index in [0.29, 0.717) is 24.1 Å². The standard InChI is InChI=1S/C15H20F3NO/c1-2-3-11-8-13(11)19-9-14(20)10-4-6-12(7-5-10)15(16,17)18/h4-7,11,13-14,19-20H,2-3,8-9H2,1H3. The first kappa shape index (κ1) is 15.3. The van der Waals surface area contributed by atoms with E-state index >= 15 is 0 Å². The summed E-state index contributed by atoms with van der Waals surface area (Å²) >= 11 is 0. The normalized spacial score (nSPS) is 23.6. The molecule has 1 fully saturated rings. The van der Waals surface area contributed by atoms with Crippen LogP contribution in [0.3, 0.4) is 0 Å². The lowest BCUT2D eigenvalue weighted by atomic mass is 10.1. The van der Waals surface area contributed by atoms with Gasteiger partial charge in [-0.25, -0.2) is 0 Å². The molecule has 3 atom stereocenters. The number of halogens is 3. The third-order valence-electron chi connectivity index (χ3n) is 3.78. The van der Waals surface area contributed by atoms with Crippen molar-refractivity contribution in [1.82, 2.24) is 5.32 Å². The number of aliphatic hydroxyl groups is 1. The zero-order valence-electron chi connectivity index (χ0n) is 11.5. The molecule has 1 aliphatic carbocycles. The summed E-state index contributed by atoms with van der Waals surface area (Å²) in [5.74, 6) is 0.694. The summed E-state index contributed by atoms with van der Waals surface area (Å²) in [6.07, 6.45) is -1.62. The molecule has 0 amide bonds. The van der Waals surface area contributed by atoms with E-state index in [1.165, 1.54) is 18.6 Å². The van der Waals surface area contributed by atoms with Crippen molar-refractivity contribution in [2.24, 2.45) is 5.92 Å². The fourth-order valence-corrected chi connectivity index (χ4v) is 2.46. The number of rotatable bonds is 6. The van der Waals surface area contributed by atoms with Crippen molar-refractivity contribution in [2.45, 2.75) is 44.5 Å². The Balaban J connectivity index is 1.82. The van der Waals surface area contributed by atoms with Crippen LogP contribution in [-0.4, -0.2) is 17.7 Å². The highest BCUT2D eigenvalue weighted by Crippen LogP contribution is 2.35. The molecule has 2 nitrogen and oxygen atoms in total. The first-order valence-electron chi connectivity index (χ1n) is 7.00. The van der Waals surface area contributed by atoms with Gasteiger partial charge < -0.3 is 10.4 Å². The van der Waals surface area contributed by atoms with E-state index in [1.807, 2.05) is 0 Å². The van der Waals surface area contributed by atoms with Crippen LogP contribution in [0.15, 0.2) is 24.3 Å². The molecule has 3 unspecified atom stereocenters. The minimum atomic E-state index is -4.33. The molecule has 0 aliphatic heterocycles. The third-order valence-corrected chi connectivity index (χ3v) is 3.78. The molecule has 0 bridgehead atoms. The maximum Gasteiger partial charge on any atom is 0.416 e. The van der Waals surface area contributed by atoms with Gasteiger partial charge in [0.15, 0.2) is 0 Å². The van der Waals surface area contributed by atoms with Gasteiger partial charge in [-0.05, 0) is 36.5 Å². The molecule has 2 N–H and O–H groups in total. The van der Waals surface area contributed by atoms with Crippen molar-refractivity contribution in [2.75, 3.05) is 6.54 Å². The first-order valence-corrected chi connectivity index (χ1v) is 7.00. The highest BCUT2D eigenvalue weighted by atomic mass is 19.4. The molecule has 112 valence electrons. The topological polar surface area (TPSA) is 32.3 Å². The number of nitrogens with one attached hydrogen (secondary N) is 1. The Hall–Kier alpha value is -1.07. The summed E-state index contributed by atoms with van der Waals surface area (Å²) in [6, 6.07) is 5.15. The Bertz CT molecular complexity index is 430. The fraction of sp³-hybridized carbons (Fsp3) is 0.600. The minimum Gasteiger partial charge on any atom is -0.387 e. The van der Waals surface area contributed by atoms with E-state index in [1.54, 1.807) is 0 Å². The molecule has 20 heavy (non-hydrogen) atoms. The van der Waals surface area contributed by atoms with Crippen LogP contribution in [0, 0.1) is 5.92 Å². The van der Waals surface area contributed by atoms with E-state index in [9.17, 15) is 18.3 Å². The Labute approximate surface area is 117 Å². The quantitative estimate of drug-likeness (QED) is 0.839. The summed E-state index contributed by atoms with van der Waals surface area (Å²) in [5, 5.41) is 13.2. The van der Waals surface area contributed by atoms with Crippen molar-refractivity contribution in [3.63, 3.8) is 0 Å². The van der Waals surface area contributed by atoms with Gasteiger partial charge in [-0.15, -0.1) is 0 Å². The van der Waals surface area contributed by atoms with Gasteiger partial charge in [-0.3, -0.25) is 0 Å². The Kier molecular flexibility index (Phi) is 4.70. The molecular formula is C15H20F3NO. The van der Waals surface area contributed by atoms with E-state index in [0.717, 1.165) is 25.0 Å². The second kappa shape index (κ2) is 6.14. The lowest BCUT2D eigenvalue weighted by Gasteiger charge is -2.13. The summed E-state index contributed by atoms with van der Waals surface area (Å²) in [6.45, 7) is 2.53. The van der Waals surface area contributed by atoms with E-state index in [4.69, 9.17) is 0 Å². The molecule has 0 heterocycles. The zero-order chi connectivity index (χ0) is 14.8. The highest BCUT2D eigenvalue weighted by Gasteiger charge is 2.35. The molecule has 2 rings (SSSR count). The predicted octanol–water partition coefficient (Wildman–Crippen LogP) is 3.52. The summed E-state index contributed by atoms with van der Waals surface area (Å²) in [5.41, 5.74) is -0.176. The first-order chi connectivity index (χ1) is 9.41. The molecule has 0 saturated heterocycles. The van der Waals surface area contributed by atoms with Crippen LogP contribution in [0.2, 0.25) is 0 Å². The van der Waals surface area contributed by atoms with E-state index < -0.39 is 17.8 Å². The van der Waals surface area contributed by atoms with Crippen LogP contribution in [0.5, 0.6) is 0 Å². The van der Waals surface area contributed by atoms with Crippen LogP contribution < -0.4 is 5.32 Å². The van der Waals surface area contributed by atoms with Gasteiger partial charge in [0.2, 0.25) is 0 Å². The molecule has 5 heteroatoms. The highest BCUT2D eigenvalue weighted by molar-refractivity contribution is 5.26. The van der Waals surface area contributed by atoms with Gasteiger partial charge >= 0.3 is 6.18 Å². The average molecular weight is 287 g/mol. The Morgan fingerprint density at radius 3 is 2.50 bits per heavy atom. The average Bonchev–Trinajstić information content (AvgIpc) is 3.14. The Morgan fingerprint density at radius 1 is 1.30 bits per heavy atom.